The zero-order chi connectivity index (χ0) is 12.0. The van der Waals surface area contributed by atoms with E-state index in [0.717, 1.165) is 19.4 Å². The van der Waals surface area contributed by atoms with Gasteiger partial charge in [-0.2, -0.15) is 0 Å². The van der Waals surface area contributed by atoms with Crippen LogP contribution in [0.4, 0.5) is 0 Å². The topological polar surface area (TPSA) is 50.5 Å². The lowest BCUT2D eigenvalue weighted by Crippen LogP contribution is -2.58. The van der Waals surface area contributed by atoms with E-state index in [4.69, 9.17) is 10.6 Å². The van der Waals surface area contributed by atoms with Gasteiger partial charge in [-0.05, 0) is 52.6 Å². The Bertz CT molecular complexity index is 191. The van der Waals surface area contributed by atoms with Crippen molar-refractivity contribution in [3.8, 4) is 0 Å². The van der Waals surface area contributed by atoms with Gasteiger partial charge in [-0.3, -0.25) is 16.2 Å². The van der Waals surface area contributed by atoms with Crippen LogP contribution in [0, 0.1) is 0 Å². The second-order valence-corrected chi connectivity index (χ2v) is 5.20. The summed E-state index contributed by atoms with van der Waals surface area (Å²) in [5.41, 5.74) is 3.12. The highest BCUT2D eigenvalue weighted by atomic mass is 16.5. The second-order valence-electron chi connectivity index (χ2n) is 5.20. The van der Waals surface area contributed by atoms with Gasteiger partial charge in [-0.1, -0.05) is 0 Å². The Balaban J connectivity index is 2.47. The molecule has 3 N–H and O–H groups in total. The molecule has 1 unspecified atom stereocenters. The summed E-state index contributed by atoms with van der Waals surface area (Å²) in [7, 11) is 1.75. The Hall–Kier alpha value is -0.160. The number of ether oxygens (including phenoxy) is 1. The maximum absolute atomic E-state index is 5.69. The first kappa shape index (κ1) is 13.9. The molecule has 4 heteroatoms. The molecule has 1 atom stereocenters. The summed E-state index contributed by atoms with van der Waals surface area (Å²) in [4.78, 5) is 2.55. The van der Waals surface area contributed by atoms with E-state index in [-0.39, 0.29) is 5.54 Å². The van der Waals surface area contributed by atoms with E-state index in [2.05, 4.69) is 24.2 Å². The van der Waals surface area contributed by atoms with Crippen LogP contribution in [0.15, 0.2) is 0 Å². The Morgan fingerprint density at radius 1 is 1.38 bits per heavy atom. The lowest BCUT2D eigenvalue weighted by atomic mass is 9.89. The van der Waals surface area contributed by atoms with Crippen LogP contribution in [-0.4, -0.2) is 43.3 Å². The van der Waals surface area contributed by atoms with Crippen LogP contribution in [0.25, 0.3) is 0 Å². The molecule has 1 fully saturated rings. The van der Waals surface area contributed by atoms with Gasteiger partial charge in [-0.25, -0.2) is 0 Å². The highest BCUT2D eigenvalue weighted by molar-refractivity contribution is 4.94. The van der Waals surface area contributed by atoms with Gasteiger partial charge in [0.1, 0.15) is 0 Å². The van der Waals surface area contributed by atoms with E-state index in [0.29, 0.717) is 6.04 Å². The molecule has 0 aromatic heterocycles. The molecule has 1 saturated heterocycles. The molecule has 1 heterocycles. The first-order valence-electron chi connectivity index (χ1n) is 6.33. The number of nitrogens with two attached hydrogens (primary N) is 1. The van der Waals surface area contributed by atoms with Crippen LogP contribution in [0.5, 0.6) is 0 Å². The molecule has 0 aliphatic carbocycles. The minimum atomic E-state index is 0.138. The number of rotatable bonds is 7. The standard InChI is InChI=1S/C12H27N3O/c1-12(2,15-8-4-5-9-15)11(14-13)7-6-10-16-3/h11,14H,4-10,13H2,1-3H3. The number of hydrazine groups is 1. The number of nitrogens with zero attached hydrogens (tertiary/aromatic N) is 1. The van der Waals surface area contributed by atoms with Crippen molar-refractivity contribution in [2.45, 2.75) is 51.1 Å². The largest absolute Gasteiger partial charge is 0.385 e. The first-order chi connectivity index (χ1) is 7.62. The number of methoxy groups -OCH3 is 1. The summed E-state index contributed by atoms with van der Waals surface area (Å²) >= 11 is 0. The van der Waals surface area contributed by atoms with Crippen LogP contribution in [0.3, 0.4) is 0 Å². The quantitative estimate of drug-likeness (QED) is 0.390. The summed E-state index contributed by atoms with van der Waals surface area (Å²) in [5, 5.41) is 0. The molecule has 0 aromatic rings. The molecule has 0 aromatic carbocycles. The minimum absolute atomic E-state index is 0.138. The van der Waals surface area contributed by atoms with Gasteiger partial charge < -0.3 is 4.74 Å². The monoisotopic (exact) mass is 229 g/mol. The molecule has 16 heavy (non-hydrogen) atoms. The van der Waals surface area contributed by atoms with Gasteiger partial charge in [0.05, 0.1) is 0 Å². The predicted octanol–water partition coefficient (Wildman–Crippen LogP) is 1.12. The zero-order valence-corrected chi connectivity index (χ0v) is 11.0. The van der Waals surface area contributed by atoms with Crippen LogP contribution in [0.2, 0.25) is 0 Å². The van der Waals surface area contributed by atoms with Crippen molar-refractivity contribution < 1.29 is 4.74 Å². The van der Waals surface area contributed by atoms with E-state index >= 15 is 0 Å². The molecule has 1 aliphatic rings. The average Bonchev–Trinajstić information content (AvgIpc) is 2.78. The Labute approximate surface area is 99.5 Å². The van der Waals surface area contributed by atoms with E-state index in [1.165, 1.54) is 25.9 Å². The van der Waals surface area contributed by atoms with Crippen molar-refractivity contribution in [1.82, 2.24) is 10.3 Å². The van der Waals surface area contributed by atoms with Crippen LogP contribution < -0.4 is 11.3 Å². The molecule has 1 aliphatic heterocycles. The maximum Gasteiger partial charge on any atom is 0.0462 e. The lowest BCUT2D eigenvalue weighted by Gasteiger charge is -2.42. The molecular formula is C12H27N3O. The van der Waals surface area contributed by atoms with E-state index in [1.807, 2.05) is 0 Å². The zero-order valence-electron chi connectivity index (χ0n) is 11.0. The normalized spacial score (nSPS) is 20.2. The van der Waals surface area contributed by atoms with E-state index in [9.17, 15) is 0 Å². The first-order valence-corrected chi connectivity index (χ1v) is 6.33. The van der Waals surface area contributed by atoms with Crippen LogP contribution >= 0.6 is 0 Å². The molecule has 0 radical (unpaired) electrons. The second kappa shape index (κ2) is 6.55. The number of nitrogens with one attached hydrogen (secondary N) is 1. The van der Waals surface area contributed by atoms with Gasteiger partial charge in [0, 0.05) is 25.3 Å². The predicted molar refractivity (Wildman–Crippen MR) is 67.1 cm³/mol. The van der Waals surface area contributed by atoms with Crippen molar-refractivity contribution in [3.63, 3.8) is 0 Å². The third kappa shape index (κ3) is 3.42. The minimum Gasteiger partial charge on any atom is -0.385 e. The fourth-order valence-corrected chi connectivity index (χ4v) is 2.59. The van der Waals surface area contributed by atoms with E-state index in [1.54, 1.807) is 7.11 Å². The summed E-state index contributed by atoms with van der Waals surface area (Å²) in [6, 6.07) is 0.334. The lowest BCUT2D eigenvalue weighted by molar-refractivity contribution is 0.0950. The van der Waals surface area contributed by atoms with Crippen molar-refractivity contribution >= 4 is 0 Å². The van der Waals surface area contributed by atoms with Gasteiger partial charge in [-0.15, -0.1) is 0 Å². The molecule has 4 nitrogen and oxygen atoms in total. The molecule has 0 bridgehead atoms. The number of hydrogen-bond donors (Lipinski definition) is 2. The Kier molecular flexibility index (Phi) is 5.69. The fraction of sp³-hybridized carbons (Fsp3) is 1.00. The Morgan fingerprint density at radius 2 is 2.00 bits per heavy atom. The summed E-state index contributed by atoms with van der Waals surface area (Å²) < 4.78 is 5.09. The van der Waals surface area contributed by atoms with Gasteiger partial charge in [0.2, 0.25) is 0 Å². The maximum atomic E-state index is 5.69. The smallest absolute Gasteiger partial charge is 0.0462 e. The highest BCUT2D eigenvalue weighted by Crippen LogP contribution is 2.26. The molecule has 96 valence electrons. The fourth-order valence-electron chi connectivity index (χ4n) is 2.59. The molecular weight excluding hydrogens is 202 g/mol. The van der Waals surface area contributed by atoms with Crippen LogP contribution in [-0.2, 0) is 4.74 Å². The number of hydrogen-bond acceptors (Lipinski definition) is 4. The van der Waals surface area contributed by atoms with Crippen molar-refractivity contribution in [3.05, 3.63) is 0 Å². The van der Waals surface area contributed by atoms with Gasteiger partial charge in [0.25, 0.3) is 0 Å². The summed E-state index contributed by atoms with van der Waals surface area (Å²) in [5.74, 6) is 5.69. The summed E-state index contributed by atoms with van der Waals surface area (Å²) in [6.45, 7) is 7.80. The molecule has 0 amide bonds. The third-order valence-electron chi connectivity index (χ3n) is 3.82. The van der Waals surface area contributed by atoms with Crippen molar-refractivity contribution in [2.24, 2.45) is 5.84 Å². The third-order valence-corrected chi connectivity index (χ3v) is 3.82. The highest BCUT2D eigenvalue weighted by Gasteiger charge is 2.35. The number of likely N-dealkylation sites (tertiary alicyclic amines) is 1. The van der Waals surface area contributed by atoms with Gasteiger partial charge in [0.15, 0.2) is 0 Å². The molecule has 0 saturated carbocycles. The van der Waals surface area contributed by atoms with Crippen LogP contribution in [0.1, 0.15) is 39.5 Å². The molecule has 1 rings (SSSR count). The SMILES string of the molecule is COCCCC(NN)C(C)(C)N1CCCC1. The van der Waals surface area contributed by atoms with Gasteiger partial charge >= 0.3 is 0 Å². The Morgan fingerprint density at radius 3 is 2.50 bits per heavy atom. The average molecular weight is 229 g/mol. The van der Waals surface area contributed by atoms with E-state index < -0.39 is 0 Å². The summed E-state index contributed by atoms with van der Waals surface area (Å²) in [6.07, 6.45) is 4.76. The molecule has 0 spiro atoms. The van der Waals surface area contributed by atoms with Crippen molar-refractivity contribution in [2.75, 3.05) is 26.8 Å². The van der Waals surface area contributed by atoms with Crippen molar-refractivity contribution in [1.29, 1.82) is 0 Å².